The number of aromatic nitrogens is 1. The molecule has 0 unspecified atom stereocenters. The number of nitrogens with two attached hydrogens (primary N) is 1. The molecule has 6 N–H and O–H groups in total. The molecular weight excluding hydrogens is 603 g/mol. The molecule has 248 valence electrons. The number of alkyl carbamates (subject to hydrolysis) is 1. The minimum Gasteiger partial charge on any atom is -0.445 e. The molecule has 3 aromatic rings. The number of benzene rings is 2. The van der Waals surface area contributed by atoms with Gasteiger partial charge in [0, 0.05) is 17.5 Å². The predicted octanol–water partition coefficient (Wildman–Crippen LogP) is 4.50. The van der Waals surface area contributed by atoms with E-state index in [9.17, 15) is 32.3 Å². The molecule has 1 aliphatic carbocycles. The Labute approximate surface area is 265 Å². The summed E-state index contributed by atoms with van der Waals surface area (Å²) in [7, 11) is 0. The van der Waals surface area contributed by atoms with Crippen molar-refractivity contribution in [3.63, 3.8) is 0 Å². The van der Waals surface area contributed by atoms with Crippen LogP contribution in [0.25, 0.3) is 10.9 Å². The summed E-state index contributed by atoms with van der Waals surface area (Å²) in [5.74, 6) is -2.94. The van der Waals surface area contributed by atoms with Crippen molar-refractivity contribution >= 4 is 34.7 Å². The lowest BCUT2D eigenvalue weighted by Gasteiger charge is -2.39. The summed E-state index contributed by atoms with van der Waals surface area (Å²) in [6.45, 7) is 6.96. The van der Waals surface area contributed by atoms with E-state index in [4.69, 9.17) is 10.5 Å². The van der Waals surface area contributed by atoms with Crippen LogP contribution >= 0.6 is 0 Å². The van der Waals surface area contributed by atoms with E-state index >= 15 is 0 Å². The van der Waals surface area contributed by atoms with E-state index < -0.39 is 53.2 Å². The van der Waals surface area contributed by atoms with Gasteiger partial charge in [0.05, 0.1) is 11.1 Å². The second-order valence-corrected chi connectivity index (χ2v) is 12.2. The molecule has 0 spiro atoms. The molecule has 0 radical (unpaired) electrons. The predicted molar refractivity (Wildman–Crippen MR) is 165 cm³/mol. The highest BCUT2D eigenvalue weighted by Gasteiger charge is 2.47. The number of rotatable bonds is 11. The van der Waals surface area contributed by atoms with E-state index in [0.29, 0.717) is 17.7 Å². The van der Waals surface area contributed by atoms with Crippen molar-refractivity contribution in [2.45, 2.75) is 83.8 Å². The molecule has 4 atom stereocenters. The maximum Gasteiger partial charge on any atom is 0.418 e. The summed E-state index contributed by atoms with van der Waals surface area (Å²) in [6, 6.07) is 10.6. The highest BCUT2D eigenvalue weighted by molar-refractivity contribution is 5.98. The summed E-state index contributed by atoms with van der Waals surface area (Å²) >= 11 is 0. The minimum absolute atomic E-state index is 0.000995. The first kappa shape index (κ1) is 34.3. The average molecular weight is 644 g/mol. The fourth-order valence-electron chi connectivity index (χ4n) is 5.82. The normalized spacial score (nSPS) is 18.3. The van der Waals surface area contributed by atoms with Crippen LogP contribution in [0, 0.1) is 11.8 Å². The first-order chi connectivity index (χ1) is 21.7. The Kier molecular flexibility index (Phi) is 10.3. The van der Waals surface area contributed by atoms with E-state index in [1.165, 1.54) is 12.1 Å². The first-order valence-corrected chi connectivity index (χ1v) is 15.3. The number of carbonyl (C=O) groups is 4. The number of para-hydroxylation sites is 1. The largest absolute Gasteiger partial charge is 0.445 e. The number of alkyl halides is 3. The smallest absolute Gasteiger partial charge is 0.418 e. The third kappa shape index (κ3) is 7.45. The van der Waals surface area contributed by atoms with Crippen LogP contribution in [0.4, 0.5) is 18.0 Å². The zero-order chi connectivity index (χ0) is 33.8. The van der Waals surface area contributed by atoms with Gasteiger partial charge in [-0.15, -0.1) is 0 Å². The Morgan fingerprint density at radius 3 is 2.30 bits per heavy atom. The number of fused-ring (bicyclic) bond motifs is 3. The van der Waals surface area contributed by atoms with Gasteiger partial charge < -0.3 is 31.4 Å². The number of carbonyl (C=O) groups excluding carboxylic acids is 4. The maximum absolute atomic E-state index is 14.1. The Morgan fingerprint density at radius 2 is 1.70 bits per heavy atom. The average Bonchev–Trinajstić information content (AvgIpc) is 3.38. The summed E-state index contributed by atoms with van der Waals surface area (Å²) in [4.78, 5) is 56.0. The summed E-state index contributed by atoms with van der Waals surface area (Å²) in [5.41, 5.74) is 4.63. The van der Waals surface area contributed by atoms with E-state index in [0.717, 1.165) is 11.6 Å². The fourth-order valence-corrected chi connectivity index (χ4v) is 5.82. The second kappa shape index (κ2) is 13.8. The number of aromatic amines is 1. The zero-order valence-electron chi connectivity index (χ0n) is 26.2. The van der Waals surface area contributed by atoms with Crippen molar-refractivity contribution in [1.82, 2.24) is 20.9 Å². The topological polar surface area (TPSA) is 155 Å². The monoisotopic (exact) mass is 643 g/mol. The highest BCUT2D eigenvalue weighted by atomic mass is 19.4. The van der Waals surface area contributed by atoms with E-state index in [2.05, 4.69) is 20.9 Å². The Bertz CT molecular complexity index is 1590. The van der Waals surface area contributed by atoms with Crippen LogP contribution in [0.15, 0.2) is 48.5 Å². The third-order valence-corrected chi connectivity index (χ3v) is 8.65. The molecule has 4 amide bonds. The van der Waals surface area contributed by atoms with Crippen LogP contribution in [0.2, 0.25) is 0 Å². The number of halogens is 3. The van der Waals surface area contributed by atoms with Crippen molar-refractivity contribution < 1.29 is 37.1 Å². The number of hydrogen-bond acceptors (Lipinski definition) is 5. The summed E-state index contributed by atoms with van der Waals surface area (Å²) in [6.07, 6.45) is -5.01. The first-order valence-electron chi connectivity index (χ1n) is 15.3. The Morgan fingerprint density at radius 1 is 1.00 bits per heavy atom. The summed E-state index contributed by atoms with van der Waals surface area (Å²) in [5, 5.41) is 8.40. The van der Waals surface area contributed by atoms with Crippen LogP contribution in [-0.2, 0) is 44.7 Å². The highest BCUT2D eigenvalue weighted by Crippen LogP contribution is 2.40. The van der Waals surface area contributed by atoms with Gasteiger partial charge in [-0.25, -0.2) is 4.79 Å². The molecule has 2 aromatic carbocycles. The standard InChI is InChI=1S/C33H40F3N5O5/c1-5-19(4)26(40-31(45)46-17-20-10-7-6-8-11-20)29(43)41-32(30(44)39-25(18(2)3)28(37)42)15-14-24-22(16-32)21-12-9-13-23(27(21)38-24)33(34,35)36/h6-13,18-19,25-26,38H,5,14-17H2,1-4H3,(H2,37,42)(H,39,44)(H,40,45)(H,41,43)/t19-,25-,26-,32-/m0/s1. The van der Waals surface area contributed by atoms with Crippen LogP contribution < -0.4 is 21.7 Å². The Hall–Kier alpha value is -4.55. The molecule has 13 heteroatoms. The van der Waals surface area contributed by atoms with Gasteiger partial charge in [0.1, 0.15) is 24.2 Å². The molecule has 0 aliphatic heterocycles. The molecule has 0 saturated carbocycles. The minimum atomic E-state index is -4.62. The van der Waals surface area contributed by atoms with Gasteiger partial charge in [-0.05, 0) is 41.9 Å². The van der Waals surface area contributed by atoms with Gasteiger partial charge in [0.2, 0.25) is 17.7 Å². The second-order valence-electron chi connectivity index (χ2n) is 12.2. The van der Waals surface area contributed by atoms with E-state index in [1.54, 1.807) is 45.0 Å². The van der Waals surface area contributed by atoms with Crippen LogP contribution in [0.1, 0.15) is 62.9 Å². The van der Waals surface area contributed by atoms with Crippen molar-refractivity contribution in [1.29, 1.82) is 0 Å². The molecule has 0 bridgehead atoms. The third-order valence-electron chi connectivity index (χ3n) is 8.65. The molecule has 4 rings (SSSR count). The number of H-pyrrole nitrogens is 1. The molecule has 1 heterocycles. The molecule has 10 nitrogen and oxygen atoms in total. The number of primary amides is 1. The molecular formula is C33H40F3N5O5. The summed E-state index contributed by atoms with van der Waals surface area (Å²) < 4.78 is 46.9. The molecule has 1 aromatic heterocycles. The number of ether oxygens (including phenoxy) is 1. The lowest BCUT2D eigenvalue weighted by Crippen LogP contribution is -2.67. The number of aryl methyl sites for hydroxylation is 1. The molecule has 46 heavy (non-hydrogen) atoms. The lowest BCUT2D eigenvalue weighted by atomic mass is 9.78. The zero-order valence-corrected chi connectivity index (χ0v) is 26.2. The van der Waals surface area contributed by atoms with Gasteiger partial charge in [-0.2, -0.15) is 13.2 Å². The SMILES string of the molecule is CC[C@H](C)[C@H](NC(=O)OCc1ccccc1)C(=O)N[C@@]1(C(=O)N[C@H](C(N)=O)C(C)C)CCc2[nH]c3c(C(F)(F)F)cccc3c2C1. The molecule has 0 fully saturated rings. The van der Waals surface area contributed by atoms with Gasteiger partial charge in [0.25, 0.3) is 0 Å². The quantitative estimate of drug-likeness (QED) is 0.208. The molecule has 0 saturated heterocycles. The molecule has 1 aliphatic rings. The fraction of sp³-hybridized carbons (Fsp3) is 0.455. The van der Waals surface area contributed by atoms with Crippen LogP contribution in [-0.4, -0.2) is 46.4 Å². The maximum atomic E-state index is 14.1. The van der Waals surface area contributed by atoms with Crippen LogP contribution in [0.5, 0.6) is 0 Å². The lowest BCUT2D eigenvalue weighted by molar-refractivity contribution is -0.137. The van der Waals surface area contributed by atoms with Crippen molar-refractivity contribution in [2.75, 3.05) is 0 Å². The number of hydrogen-bond donors (Lipinski definition) is 5. The van der Waals surface area contributed by atoms with Gasteiger partial charge in [-0.1, -0.05) is 76.6 Å². The number of nitrogens with one attached hydrogen (secondary N) is 4. The van der Waals surface area contributed by atoms with Crippen molar-refractivity contribution in [2.24, 2.45) is 17.6 Å². The Balaban J connectivity index is 1.68. The van der Waals surface area contributed by atoms with Crippen LogP contribution in [0.3, 0.4) is 0 Å². The van der Waals surface area contributed by atoms with Gasteiger partial charge in [0.15, 0.2) is 0 Å². The van der Waals surface area contributed by atoms with Crippen molar-refractivity contribution in [3.8, 4) is 0 Å². The van der Waals surface area contributed by atoms with Gasteiger partial charge in [-0.3, -0.25) is 14.4 Å². The van der Waals surface area contributed by atoms with E-state index in [-0.39, 0.29) is 48.6 Å². The van der Waals surface area contributed by atoms with E-state index in [1.807, 2.05) is 13.0 Å². The van der Waals surface area contributed by atoms with Crippen molar-refractivity contribution in [3.05, 3.63) is 70.9 Å². The van der Waals surface area contributed by atoms with Gasteiger partial charge >= 0.3 is 12.3 Å². The number of amides is 4.